The number of H-pyrrole nitrogens is 1. The topological polar surface area (TPSA) is 64.3 Å². The zero-order valence-electron chi connectivity index (χ0n) is 15.0. The minimum absolute atomic E-state index is 0.00283. The second kappa shape index (κ2) is 8.08. The Kier molecular flexibility index (Phi) is 5.38. The molecule has 0 aliphatic carbocycles. The number of hydrogen-bond donors (Lipinski definition) is 2. The van der Waals surface area contributed by atoms with Crippen LogP contribution in [0.2, 0.25) is 5.02 Å². The fourth-order valence-electron chi connectivity index (χ4n) is 3.33. The SMILES string of the molecule is O=C(CN1CCN(Cc2nc3ccccc3[nH]2)CC1)Nc1ccc(Cl)cc1. The molecule has 0 unspecified atom stereocenters. The van der Waals surface area contributed by atoms with E-state index in [2.05, 4.69) is 25.1 Å². The van der Waals surface area contributed by atoms with Crippen LogP contribution in [-0.2, 0) is 11.3 Å². The molecule has 3 aromatic rings. The predicted molar refractivity (Wildman–Crippen MR) is 108 cm³/mol. The molecule has 2 heterocycles. The van der Waals surface area contributed by atoms with Crippen LogP contribution in [0.4, 0.5) is 5.69 Å². The number of fused-ring (bicyclic) bond motifs is 1. The van der Waals surface area contributed by atoms with E-state index in [1.54, 1.807) is 12.1 Å². The van der Waals surface area contributed by atoms with Crippen LogP contribution in [0.1, 0.15) is 5.82 Å². The number of amides is 1. The molecular weight excluding hydrogens is 362 g/mol. The first-order chi connectivity index (χ1) is 13.2. The molecule has 6 nitrogen and oxygen atoms in total. The molecule has 140 valence electrons. The molecular formula is C20H22ClN5O. The van der Waals surface area contributed by atoms with Gasteiger partial charge in [-0.05, 0) is 36.4 Å². The summed E-state index contributed by atoms with van der Waals surface area (Å²) in [5, 5.41) is 3.58. The van der Waals surface area contributed by atoms with Crippen LogP contribution in [0.25, 0.3) is 11.0 Å². The summed E-state index contributed by atoms with van der Waals surface area (Å²) in [5.41, 5.74) is 2.85. The van der Waals surface area contributed by atoms with Crippen molar-refractivity contribution in [2.45, 2.75) is 6.54 Å². The molecule has 4 rings (SSSR count). The van der Waals surface area contributed by atoms with Crippen LogP contribution in [0.15, 0.2) is 48.5 Å². The van der Waals surface area contributed by atoms with Gasteiger partial charge in [-0.1, -0.05) is 23.7 Å². The first-order valence-electron chi connectivity index (χ1n) is 9.09. The van der Waals surface area contributed by atoms with Gasteiger partial charge in [0.2, 0.25) is 5.91 Å². The number of rotatable bonds is 5. The van der Waals surface area contributed by atoms with E-state index in [0.29, 0.717) is 11.6 Å². The van der Waals surface area contributed by atoms with E-state index in [0.717, 1.165) is 55.3 Å². The number of hydrogen-bond acceptors (Lipinski definition) is 4. The molecule has 2 N–H and O–H groups in total. The fourth-order valence-corrected chi connectivity index (χ4v) is 3.46. The van der Waals surface area contributed by atoms with E-state index in [9.17, 15) is 4.79 Å². The maximum absolute atomic E-state index is 12.2. The highest BCUT2D eigenvalue weighted by Crippen LogP contribution is 2.14. The largest absolute Gasteiger partial charge is 0.341 e. The Hall–Kier alpha value is -2.41. The Morgan fingerprint density at radius 1 is 1.04 bits per heavy atom. The van der Waals surface area contributed by atoms with Crippen molar-refractivity contribution in [1.29, 1.82) is 0 Å². The zero-order chi connectivity index (χ0) is 18.6. The molecule has 1 aliphatic heterocycles. The third-order valence-corrected chi connectivity index (χ3v) is 5.02. The van der Waals surface area contributed by atoms with Gasteiger partial charge in [0.1, 0.15) is 5.82 Å². The Bertz CT molecular complexity index is 883. The first kappa shape index (κ1) is 18.0. The van der Waals surface area contributed by atoms with E-state index in [1.807, 2.05) is 36.4 Å². The van der Waals surface area contributed by atoms with Gasteiger partial charge in [-0.3, -0.25) is 14.6 Å². The van der Waals surface area contributed by atoms with E-state index >= 15 is 0 Å². The van der Waals surface area contributed by atoms with Crippen molar-refractivity contribution in [3.8, 4) is 0 Å². The highest BCUT2D eigenvalue weighted by molar-refractivity contribution is 6.30. The average molecular weight is 384 g/mol. The molecule has 7 heteroatoms. The van der Waals surface area contributed by atoms with E-state index in [1.165, 1.54) is 0 Å². The van der Waals surface area contributed by atoms with Crippen LogP contribution in [0.3, 0.4) is 0 Å². The lowest BCUT2D eigenvalue weighted by molar-refractivity contribution is -0.117. The highest BCUT2D eigenvalue weighted by atomic mass is 35.5. The van der Waals surface area contributed by atoms with Crippen molar-refractivity contribution in [3.05, 3.63) is 59.4 Å². The normalized spacial score (nSPS) is 15.9. The van der Waals surface area contributed by atoms with E-state index in [4.69, 9.17) is 11.6 Å². The number of imidazole rings is 1. The molecule has 0 saturated carbocycles. The lowest BCUT2D eigenvalue weighted by Gasteiger charge is -2.33. The Morgan fingerprint density at radius 2 is 1.74 bits per heavy atom. The Morgan fingerprint density at radius 3 is 2.48 bits per heavy atom. The number of piperazine rings is 1. The lowest BCUT2D eigenvalue weighted by Crippen LogP contribution is -2.48. The minimum atomic E-state index is 0.00283. The summed E-state index contributed by atoms with van der Waals surface area (Å²) in [4.78, 5) is 24.8. The van der Waals surface area contributed by atoms with Crippen LogP contribution in [0, 0.1) is 0 Å². The van der Waals surface area contributed by atoms with Gasteiger partial charge < -0.3 is 10.3 Å². The van der Waals surface area contributed by atoms with E-state index in [-0.39, 0.29) is 5.91 Å². The maximum Gasteiger partial charge on any atom is 0.238 e. The third-order valence-electron chi connectivity index (χ3n) is 4.77. The second-order valence-corrected chi connectivity index (χ2v) is 7.24. The second-order valence-electron chi connectivity index (χ2n) is 6.81. The Labute approximate surface area is 163 Å². The van der Waals surface area contributed by atoms with Gasteiger partial charge in [-0.25, -0.2) is 4.98 Å². The van der Waals surface area contributed by atoms with Crippen molar-refractivity contribution in [3.63, 3.8) is 0 Å². The molecule has 27 heavy (non-hydrogen) atoms. The van der Waals surface area contributed by atoms with Gasteiger partial charge in [0.25, 0.3) is 0 Å². The molecule has 0 spiro atoms. The molecule has 1 amide bonds. The highest BCUT2D eigenvalue weighted by Gasteiger charge is 2.20. The molecule has 0 bridgehead atoms. The lowest BCUT2D eigenvalue weighted by atomic mass is 10.3. The number of nitrogens with one attached hydrogen (secondary N) is 2. The van der Waals surface area contributed by atoms with Crippen LogP contribution in [-0.4, -0.2) is 58.4 Å². The number of benzene rings is 2. The fraction of sp³-hybridized carbons (Fsp3) is 0.300. The number of carbonyl (C=O) groups is 1. The van der Waals surface area contributed by atoms with Gasteiger partial charge in [-0.2, -0.15) is 0 Å². The van der Waals surface area contributed by atoms with Crippen molar-refractivity contribution < 1.29 is 4.79 Å². The number of anilines is 1. The number of nitrogens with zero attached hydrogens (tertiary/aromatic N) is 3. The summed E-state index contributed by atoms with van der Waals surface area (Å²) in [6.45, 7) is 4.79. The molecule has 0 atom stereocenters. The molecule has 1 fully saturated rings. The van der Waals surface area contributed by atoms with Crippen molar-refractivity contribution in [2.24, 2.45) is 0 Å². The first-order valence-corrected chi connectivity index (χ1v) is 9.47. The standard InChI is InChI=1S/C20H22ClN5O/c21-15-5-7-16(8-6-15)22-20(27)14-26-11-9-25(10-12-26)13-19-23-17-3-1-2-4-18(17)24-19/h1-8H,9-14H2,(H,22,27)(H,23,24). The summed E-state index contributed by atoms with van der Waals surface area (Å²) in [7, 11) is 0. The average Bonchev–Trinajstić information content (AvgIpc) is 3.07. The smallest absolute Gasteiger partial charge is 0.238 e. The van der Waals surface area contributed by atoms with E-state index < -0.39 is 0 Å². The summed E-state index contributed by atoms with van der Waals surface area (Å²) in [6.07, 6.45) is 0. The van der Waals surface area contributed by atoms with Gasteiger partial charge in [0, 0.05) is 36.9 Å². The number of aromatic nitrogens is 2. The van der Waals surface area contributed by atoms with Gasteiger partial charge >= 0.3 is 0 Å². The molecule has 1 aromatic heterocycles. The zero-order valence-corrected chi connectivity index (χ0v) is 15.7. The summed E-state index contributed by atoms with van der Waals surface area (Å²) in [6, 6.07) is 15.2. The number of halogens is 1. The quantitative estimate of drug-likeness (QED) is 0.711. The van der Waals surface area contributed by atoms with Crippen molar-refractivity contribution >= 4 is 34.2 Å². The van der Waals surface area contributed by atoms with Crippen molar-refractivity contribution in [1.82, 2.24) is 19.8 Å². The molecule has 1 saturated heterocycles. The van der Waals surface area contributed by atoms with Crippen LogP contribution < -0.4 is 5.32 Å². The van der Waals surface area contributed by atoms with Crippen LogP contribution in [0.5, 0.6) is 0 Å². The monoisotopic (exact) mass is 383 g/mol. The number of carbonyl (C=O) groups excluding carboxylic acids is 1. The summed E-state index contributed by atoms with van der Waals surface area (Å²) < 4.78 is 0. The Balaban J connectivity index is 1.24. The molecule has 2 aromatic carbocycles. The number of para-hydroxylation sites is 2. The third kappa shape index (κ3) is 4.66. The minimum Gasteiger partial charge on any atom is -0.341 e. The molecule has 1 aliphatic rings. The maximum atomic E-state index is 12.2. The predicted octanol–water partition coefficient (Wildman–Crippen LogP) is 2.97. The molecule has 0 radical (unpaired) electrons. The van der Waals surface area contributed by atoms with Gasteiger partial charge in [-0.15, -0.1) is 0 Å². The number of aromatic amines is 1. The van der Waals surface area contributed by atoms with Crippen molar-refractivity contribution in [2.75, 3.05) is 38.0 Å². The summed E-state index contributed by atoms with van der Waals surface area (Å²) >= 11 is 5.87. The van der Waals surface area contributed by atoms with Gasteiger partial charge in [0.05, 0.1) is 24.1 Å². The van der Waals surface area contributed by atoms with Crippen LogP contribution >= 0.6 is 11.6 Å². The summed E-state index contributed by atoms with van der Waals surface area (Å²) in [5.74, 6) is 0.994. The van der Waals surface area contributed by atoms with Gasteiger partial charge in [0.15, 0.2) is 0 Å².